The lowest BCUT2D eigenvalue weighted by molar-refractivity contribution is 0.0999. The van der Waals surface area contributed by atoms with Crippen LogP contribution in [-0.4, -0.2) is 81.8 Å². The van der Waals surface area contributed by atoms with E-state index < -0.39 is 6.09 Å². The zero-order valence-corrected chi connectivity index (χ0v) is 29.3. The number of ether oxygens (including phenoxy) is 2. The number of nitrogens with zero attached hydrogens (tertiary/aromatic N) is 7. The van der Waals surface area contributed by atoms with Crippen LogP contribution >= 0.6 is 0 Å². The molecule has 0 spiro atoms. The van der Waals surface area contributed by atoms with Crippen molar-refractivity contribution >= 4 is 44.3 Å². The van der Waals surface area contributed by atoms with E-state index in [1.807, 2.05) is 91.3 Å². The van der Waals surface area contributed by atoms with E-state index >= 15 is 0 Å². The summed E-state index contributed by atoms with van der Waals surface area (Å²) in [4.78, 5) is 19.4. The van der Waals surface area contributed by atoms with E-state index in [1.54, 1.807) is 19.2 Å². The Morgan fingerprint density at radius 1 is 0.849 bits per heavy atom. The maximum atomic E-state index is 13.0. The molecule has 0 fully saturated rings. The third-order valence-corrected chi connectivity index (χ3v) is 9.47. The number of phenolic OH excluding ortho intramolecular Hbond substituents is 2. The molecule has 5 heterocycles. The average molecular weight is 712 g/mol. The largest absolute Gasteiger partial charge is 0.508 e. The molecule has 8 aromatic rings. The molecule has 268 valence electrons. The monoisotopic (exact) mass is 711 g/mol. The summed E-state index contributed by atoms with van der Waals surface area (Å²) in [6.45, 7) is 5.52. The van der Waals surface area contributed by atoms with E-state index in [0.29, 0.717) is 49.0 Å². The number of aromatic nitrogens is 6. The Bertz CT molecular complexity index is 2660. The highest BCUT2D eigenvalue weighted by Crippen LogP contribution is 2.39. The Kier molecular flexibility index (Phi) is 8.55. The molecule has 13 heteroatoms. The SMILES string of the molecule is CC(C)c1cc(-c2nnc(O)n2-c2ccc3c(ccn3CCOCCN(C)C(=O)Oc3cccc4c5nc6ccccc6cc5cn34)c2)c(O)cc1O. The number of amides is 1. The molecule has 0 radical (unpaired) electrons. The van der Waals surface area contributed by atoms with Crippen molar-refractivity contribution in [3.8, 4) is 40.5 Å². The third-order valence-electron chi connectivity index (χ3n) is 9.47. The van der Waals surface area contributed by atoms with E-state index in [0.717, 1.165) is 38.2 Å². The van der Waals surface area contributed by atoms with Crippen LogP contribution in [0.2, 0.25) is 0 Å². The zero-order valence-electron chi connectivity index (χ0n) is 29.3. The van der Waals surface area contributed by atoms with Crippen LogP contribution in [0, 0.1) is 0 Å². The topological polar surface area (TPSA) is 152 Å². The van der Waals surface area contributed by atoms with Crippen LogP contribution in [0.4, 0.5) is 4.79 Å². The van der Waals surface area contributed by atoms with Gasteiger partial charge in [-0.3, -0.25) is 4.40 Å². The quantitative estimate of drug-likeness (QED) is 0.125. The zero-order chi connectivity index (χ0) is 36.8. The maximum Gasteiger partial charge on any atom is 0.416 e. The summed E-state index contributed by atoms with van der Waals surface area (Å²) in [5.41, 5.74) is 5.14. The molecule has 0 saturated carbocycles. The molecule has 0 atom stereocenters. The first-order chi connectivity index (χ1) is 25.7. The number of para-hydroxylation sites is 1. The summed E-state index contributed by atoms with van der Waals surface area (Å²) < 4.78 is 17.1. The lowest BCUT2D eigenvalue weighted by atomic mass is 9.98. The second-order valence-electron chi connectivity index (χ2n) is 13.3. The minimum atomic E-state index is -0.493. The normalized spacial score (nSPS) is 11.8. The van der Waals surface area contributed by atoms with E-state index in [9.17, 15) is 20.1 Å². The lowest BCUT2D eigenvalue weighted by Gasteiger charge is -2.17. The van der Waals surface area contributed by atoms with Crippen LogP contribution in [0.5, 0.6) is 23.4 Å². The number of pyridine rings is 2. The van der Waals surface area contributed by atoms with Crippen LogP contribution < -0.4 is 4.74 Å². The predicted molar refractivity (Wildman–Crippen MR) is 201 cm³/mol. The smallest absolute Gasteiger partial charge is 0.416 e. The Labute approximate surface area is 303 Å². The van der Waals surface area contributed by atoms with Gasteiger partial charge in [-0.1, -0.05) is 43.2 Å². The summed E-state index contributed by atoms with van der Waals surface area (Å²) in [6.07, 6.45) is 3.40. The van der Waals surface area contributed by atoms with E-state index in [2.05, 4.69) is 20.8 Å². The molecule has 13 nitrogen and oxygen atoms in total. The van der Waals surface area contributed by atoms with Gasteiger partial charge in [-0.15, -0.1) is 5.10 Å². The first kappa shape index (κ1) is 33.5. The van der Waals surface area contributed by atoms with Crippen LogP contribution in [0.1, 0.15) is 25.3 Å². The molecule has 3 N–H and O–H groups in total. The number of hydrogen-bond donors (Lipinski definition) is 3. The molecule has 3 aromatic carbocycles. The van der Waals surface area contributed by atoms with Crippen molar-refractivity contribution in [1.29, 1.82) is 0 Å². The Balaban J connectivity index is 0.891. The van der Waals surface area contributed by atoms with Gasteiger partial charge in [0.05, 0.1) is 41.0 Å². The van der Waals surface area contributed by atoms with Crippen molar-refractivity contribution in [2.75, 3.05) is 26.8 Å². The molecule has 0 aliphatic heterocycles. The van der Waals surface area contributed by atoms with Gasteiger partial charge in [-0.05, 0) is 66.1 Å². The Morgan fingerprint density at radius 3 is 2.55 bits per heavy atom. The first-order valence-electron chi connectivity index (χ1n) is 17.3. The van der Waals surface area contributed by atoms with Crippen LogP contribution in [-0.2, 0) is 11.3 Å². The van der Waals surface area contributed by atoms with Gasteiger partial charge in [-0.25, -0.2) is 14.3 Å². The standard InChI is InChI=1S/C40H37N7O6/c1-24(2)29-21-30(35(49)22-34(29)48)38-42-43-39(50)47(38)28-11-12-32-26(20-28)13-14-45(32)16-18-52-17-15-44(3)40(51)53-36-10-6-9-33-37-27(23-46(33)36)19-25-7-4-5-8-31(25)41-37/h4-14,19-24,48-49H,15-18H2,1-3H3,(H,43,50). The van der Waals surface area contributed by atoms with Gasteiger partial charge >= 0.3 is 12.1 Å². The fraction of sp³-hybridized carbons (Fsp3) is 0.200. The van der Waals surface area contributed by atoms with Crippen molar-refractivity contribution < 1.29 is 29.6 Å². The lowest BCUT2D eigenvalue weighted by Crippen LogP contribution is -2.33. The van der Waals surface area contributed by atoms with Gasteiger partial charge in [-0.2, -0.15) is 0 Å². The first-order valence-corrected chi connectivity index (χ1v) is 17.3. The van der Waals surface area contributed by atoms with Crippen molar-refractivity contribution in [3.05, 3.63) is 103 Å². The van der Waals surface area contributed by atoms with Gasteiger partial charge < -0.3 is 34.3 Å². The van der Waals surface area contributed by atoms with Crippen molar-refractivity contribution in [3.63, 3.8) is 0 Å². The number of carbonyl (C=O) groups is 1. The molecular weight excluding hydrogens is 674 g/mol. The van der Waals surface area contributed by atoms with E-state index in [1.165, 1.54) is 15.5 Å². The fourth-order valence-corrected chi connectivity index (χ4v) is 6.66. The molecule has 0 saturated heterocycles. The van der Waals surface area contributed by atoms with Crippen molar-refractivity contribution in [2.24, 2.45) is 0 Å². The number of carbonyl (C=O) groups excluding carboxylic acids is 1. The molecule has 1 amide bonds. The molecule has 0 unspecified atom stereocenters. The minimum absolute atomic E-state index is 0.00488. The molecule has 53 heavy (non-hydrogen) atoms. The van der Waals surface area contributed by atoms with Crippen molar-refractivity contribution in [2.45, 2.75) is 26.3 Å². The van der Waals surface area contributed by atoms with Gasteiger partial charge in [0.15, 0.2) is 5.82 Å². The van der Waals surface area contributed by atoms with Gasteiger partial charge in [0.25, 0.3) is 0 Å². The third kappa shape index (κ3) is 6.20. The number of benzene rings is 3. The summed E-state index contributed by atoms with van der Waals surface area (Å²) >= 11 is 0. The Hall–Kier alpha value is -6.60. The van der Waals surface area contributed by atoms with E-state index in [4.69, 9.17) is 14.5 Å². The molecule has 0 aliphatic rings. The second kappa shape index (κ2) is 13.5. The summed E-state index contributed by atoms with van der Waals surface area (Å²) in [6, 6.07) is 25.9. The highest BCUT2D eigenvalue weighted by Gasteiger charge is 2.22. The average Bonchev–Trinajstić information content (AvgIpc) is 3.85. The molecule has 0 bridgehead atoms. The molecule has 5 aromatic heterocycles. The predicted octanol–water partition coefficient (Wildman–Crippen LogP) is 7.23. The van der Waals surface area contributed by atoms with Crippen molar-refractivity contribution in [1.82, 2.24) is 33.6 Å². The van der Waals surface area contributed by atoms with Gasteiger partial charge in [0, 0.05) is 60.3 Å². The number of rotatable bonds is 10. The van der Waals surface area contributed by atoms with Crippen LogP contribution in [0.15, 0.2) is 97.3 Å². The Morgan fingerprint density at radius 2 is 1.70 bits per heavy atom. The fourth-order valence-electron chi connectivity index (χ4n) is 6.66. The maximum absolute atomic E-state index is 13.0. The van der Waals surface area contributed by atoms with Gasteiger partial charge in [0.1, 0.15) is 11.5 Å². The second-order valence-corrected chi connectivity index (χ2v) is 13.3. The number of fused-ring (bicyclic) bond motifs is 5. The highest BCUT2D eigenvalue weighted by molar-refractivity contribution is 6.01. The molecular formula is C40H37N7O6. The summed E-state index contributed by atoms with van der Waals surface area (Å²) in [7, 11) is 1.68. The number of aromatic hydroxyl groups is 3. The summed E-state index contributed by atoms with van der Waals surface area (Å²) in [5.74, 6) is 0.449. The number of likely N-dealkylation sites (N-methyl/N-ethyl adjacent to an activating group) is 1. The van der Waals surface area contributed by atoms with Crippen LogP contribution in [0.25, 0.3) is 55.3 Å². The molecule has 8 rings (SSSR count). The summed E-state index contributed by atoms with van der Waals surface area (Å²) in [5, 5.41) is 42.6. The minimum Gasteiger partial charge on any atom is -0.508 e. The number of hydrogen-bond acceptors (Lipinski definition) is 9. The van der Waals surface area contributed by atoms with Crippen LogP contribution in [0.3, 0.4) is 0 Å². The van der Waals surface area contributed by atoms with Gasteiger partial charge in [0.2, 0.25) is 5.88 Å². The van der Waals surface area contributed by atoms with E-state index in [-0.39, 0.29) is 29.3 Å². The molecule has 0 aliphatic carbocycles. The highest BCUT2D eigenvalue weighted by atomic mass is 16.6. The number of phenols is 2.